The van der Waals surface area contributed by atoms with E-state index in [1.807, 2.05) is 20.8 Å². The van der Waals surface area contributed by atoms with Crippen LogP contribution >= 0.6 is 35.3 Å². The standard InChI is InChI=1S/C15H19N3OS3/c1-8-9(2)21-14-11(8)13(19)16-12(17-14)10(3)22-15(20)18-6-4-5-7-18/h10H,4-7H2,1-3H3,(H,16,17,19). The van der Waals surface area contributed by atoms with Crippen molar-refractivity contribution >= 4 is 49.9 Å². The Bertz CT molecular complexity index is 774. The van der Waals surface area contributed by atoms with Crippen LogP contribution in [0.3, 0.4) is 0 Å². The smallest absolute Gasteiger partial charge is 0.259 e. The number of thioether (sulfide) groups is 1. The Morgan fingerprint density at radius 3 is 2.77 bits per heavy atom. The van der Waals surface area contributed by atoms with E-state index in [1.165, 1.54) is 12.8 Å². The summed E-state index contributed by atoms with van der Waals surface area (Å²) in [5, 5.41) is 0.776. The molecule has 1 saturated heterocycles. The molecule has 0 aliphatic carbocycles. The number of thiophene rings is 1. The van der Waals surface area contributed by atoms with Crippen molar-refractivity contribution < 1.29 is 0 Å². The fourth-order valence-electron chi connectivity index (χ4n) is 2.65. The predicted octanol–water partition coefficient (Wildman–Crippen LogP) is 3.78. The minimum Gasteiger partial charge on any atom is -0.358 e. The molecule has 118 valence electrons. The van der Waals surface area contributed by atoms with Gasteiger partial charge in [-0.1, -0.05) is 24.0 Å². The molecule has 3 rings (SSSR count). The molecule has 0 aromatic carbocycles. The average Bonchev–Trinajstić information content (AvgIpc) is 3.08. The Kier molecular flexibility index (Phi) is 4.56. The van der Waals surface area contributed by atoms with Crippen molar-refractivity contribution in [2.75, 3.05) is 13.1 Å². The first-order valence-electron chi connectivity index (χ1n) is 7.43. The fourth-order valence-corrected chi connectivity index (χ4v) is 5.16. The highest BCUT2D eigenvalue weighted by molar-refractivity contribution is 8.23. The van der Waals surface area contributed by atoms with Gasteiger partial charge in [-0.2, -0.15) is 0 Å². The zero-order valence-electron chi connectivity index (χ0n) is 12.9. The Morgan fingerprint density at radius 2 is 2.09 bits per heavy atom. The van der Waals surface area contributed by atoms with E-state index in [4.69, 9.17) is 12.2 Å². The largest absolute Gasteiger partial charge is 0.358 e. The van der Waals surface area contributed by atoms with E-state index in [2.05, 4.69) is 14.9 Å². The predicted molar refractivity (Wildman–Crippen MR) is 99.1 cm³/mol. The van der Waals surface area contributed by atoms with Gasteiger partial charge in [-0.25, -0.2) is 4.98 Å². The van der Waals surface area contributed by atoms with Crippen LogP contribution in [0.4, 0.5) is 0 Å². The SMILES string of the molecule is Cc1sc2nc(C(C)SC(=S)N3CCCC3)[nH]c(=O)c2c1C. The maximum atomic E-state index is 12.3. The number of aromatic nitrogens is 2. The second-order valence-corrected chi connectivity index (χ2v) is 8.81. The van der Waals surface area contributed by atoms with E-state index in [1.54, 1.807) is 23.1 Å². The zero-order chi connectivity index (χ0) is 15.9. The summed E-state index contributed by atoms with van der Waals surface area (Å²) in [6.07, 6.45) is 2.42. The quantitative estimate of drug-likeness (QED) is 0.833. The Balaban J connectivity index is 1.86. The number of rotatable bonds is 2. The molecule has 4 nitrogen and oxygen atoms in total. The second-order valence-electron chi connectivity index (χ2n) is 5.63. The lowest BCUT2D eigenvalue weighted by Crippen LogP contribution is -2.24. The van der Waals surface area contributed by atoms with Gasteiger partial charge in [-0.05, 0) is 39.2 Å². The summed E-state index contributed by atoms with van der Waals surface area (Å²) in [5.74, 6) is 0.713. The third-order valence-electron chi connectivity index (χ3n) is 4.08. The van der Waals surface area contributed by atoms with Gasteiger partial charge >= 0.3 is 0 Å². The van der Waals surface area contributed by atoms with Crippen molar-refractivity contribution in [1.29, 1.82) is 0 Å². The van der Waals surface area contributed by atoms with Gasteiger partial charge in [0.05, 0.1) is 10.6 Å². The minimum atomic E-state index is -0.0404. The van der Waals surface area contributed by atoms with Crippen LogP contribution in [0.15, 0.2) is 4.79 Å². The van der Waals surface area contributed by atoms with Crippen LogP contribution in [0.25, 0.3) is 10.2 Å². The molecule has 1 N–H and O–H groups in total. The highest BCUT2D eigenvalue weighted by atomic mass is 32.2. The number of aryl methyl sites for hydroxylation is 2. The Labute approximate surface area is 143 Å². The molecule has 1 aliphatic rings. The van der Waals surface area contributed by atoms with Gasteiger partial charge < -0.3 is 9.88 Å². The van der Waals surface area contributed by atoms with E-state index < -0.39 is 0 Å². The topological polar surface area (TPSA) is 49.0 Å². The number of nitrogens with one attached hydrogen (secondary N) is 1. The number of fused-ring (bicyclic) bond motifs is 1. The third-order valence-corrected chi connectivity index (χ3v) is 6.77. The summed E-state index contributed by atoms with van der Waals surface area (Å²) in [5.41, 5.74) is 0.995. The first-order chi connectivity index (χ1) is 10.5. The number of likely N-dealkylation sites (tertiary alicyclic amines) is 1. The molecule has 1 unspecified atom stereocenters. The van der Waals surface area contributed by atoms with Crippen molar-refractivity contribution in [3.8, 4) is 0 Å². The van der Waals surface area contributed by atoms with E-state index in [9.17, 15) is 4.79 Å². The molecule has 1 fully saturated rings. The Morgan fingerprint density at radius 1 is 1.41 bits per heavy atom. The van der Waals surface area contributed by atoms with Crippen LogP contribution in [-0.4, -0.2) is 32.3 Å². The molecule has 1 aliphatic heterocycles. The van der Waals surface area contributed by atoms with Gasteiger partial charge in [0.25, 0.3) is 5.56 Å². The van der Waals surface area contributed by atoms with Gasteiger partial charge in [0.15, 0.2) is 0 Å². The van der Waals surface area contributed by atoms with Crippen LogP contribution in [0.5, 0.6) is 0 Å². The van der Waals surface area contributed by atoms with Crippen LogP contribution in [0.1, 0.15) is 41.3 Å². The molecule has 22 heavy (non-hydrogen) atoms. The van der Waals surface area contributed by atoms with Crippen molar-refractivity contribution in [3.63, 3.8) is 0 Å². The van der Waals surface area contributed by atoms with Crippen LogP contribution in [0.2, 0.25) is 0 Å². The van der Waals surface area contributed by atoms with Crippen molar-refractivity contribution in [3.05, 3.63) is 26.6 Å². The second kappa shape index (κ2) is 6.29. The highest BCUT2D eigenvalue weighted by Gasteiger charge is 2.21. The molecular weight excluding hydrogens is 334 g/mol. The molecule has 0 bridgehead atoms. The number of thiocarbonyl (C=S) groups is 1. The fraction of sp³-hybridized carbons (Fsp3) is 0.533. The van der Waals surface area contributed by atoms with E-state index in [-0.39, 0.29) is 10.8 Å². The number of nitrogens with zero attached hydrogens (tertiary/aromatic N) is 2. The normalized spacial score (nSPS) is 16.4. The van der Waals surface area contributed by atoms with Crippen LogP contribution in [0, 0.1) is 13.8 Å². The van der Waals surface area contributed by atoms with Gasteiger partial charge in [0, 0.05) is 18.0 Å². The summed E-state index contributed by atoms with van der Waals surface area (Å²) in [7, 11) is 0. The summed E-state index contributed by atoms with van der Waals surface area (Å²) in [4.78, 5) is 24.2. The highest BCUT2D eigenvalue weighted by Crippen LogP contribution is 2.32. The minimum absolute atomic E-state index is 0.0404. The molecule has 1 atom stereocenters. The van der Waals surface area contributed by atoms with Crippen LogP contribution in [-0.2, 0) is 0 Å². The molecule has 0 spiro atoms. The maximum Gasteiger partial charge on any atom is 0.259 e. The number of H-pyrrole nitrogens is 1. The summed E-state index contributed by atoms with van der Waals surface area (Å²) in [6.45, 7) is 8.15. The molecule has 0 radical (unpaired) electrons. The molecule has 7 heteroatoms. The third kappa shape index (κ3) is 2.94. The van der Waals surface area contributed by atoms with E-state index in [0.717, 1.165) is 38.1 Å². The van der Waals surface area contributed by atoms with Gasteiger partial charge in [-0.3, -0.25) is 4.79 Å². The average molecular weight is 354 g/mol. The summed E-state index contributed by atoms with van der Waals surface area (Å²) < 4.78 is 0.909. The Hall–Kier alpha value is -0.920. The molecule has 0 amide bonds. The summed E-state index contributed by atoms with van der Waals surface area (Å²) in [6, 6.07) is 0. The zero-order valence-corrected chi connectivity index (χ0v) is 15.4. The van der Waals surface area contributed by atoms with Gasteiger partial charge in [0.1, 0.15) is 15.0 Å². The first-order valence-corrected chi connectivity index (χ1v) is 9.53. The molecule has 3 heterocycles. The van der Waals surface area contributed by atoms with Crippen LogP contribution < -0.4 is 5.56 Å². The van der Waals surface area contributed by atoms with Gasteiger partial charge in [0.2, 0.25) is 0 Å². The molecule has 2 aromatic rings. The van der Waals surface area contributed by atoms with Gasteiger partial charge in [-0.15, -0.1) is 11.3 Å². The molecule has 2 aromatic heterocycles. The molecule has 0 saturated carbocycles. The monoisotopic (exact) mass is 353 g/mol. The number of aromatic amines is 1. The lowest BCUT2D eigenvalue weighted by Gasteiger charge is -2.20. The van der Waals surface area contributed by atoms with E-state index in [0.29, 0.717) is 5.82 Å². The lowest BCUT2D eigenvalue weighted by atomic mass is 10.2. The molecular formula is C15H19N3OS3. The maximum absolute atomic E-state index is 12.3. The van der Waals surface area contributed by atoms with Crippen molar-refractivity contribution in [2.45, 2.75) is 38.9 Å². The first kappa shape index (κ1) is 16.0. The number of hydrogen-bond donors (Lipinski definition) is 1. The van der Waals surface area contributed by atoms with Crippen molar-refractivity contribution in [2.24, 2.45) is 0 Å². The van der Waals surface area contributed by atoms with Crippen molar-refractivity contribution in [1.82, 2.24) is 14.9 Å². The summed E-state index contributed by atoms with van der Waals surface area (Å²) >= 11 is 8.71. The number of hydrogen-bond acceptors (Lipinski definition) is 5. The lowest BCUT2D eigenvalue weighted by molar-refractivity contribution is 0.539. The van der Waals surface area contributed by atoms with E-state index >= 15 is 0 Å².